The number of rotatable bonds is 7. The normalized spacial score (nSPS) is 15.9. The van der Waals surface area contributed by atoms with Crippen molar-refractivity contribution in [2.75, 3.05) is 6.54 Å². The first kappa shape index (κ1) is 17.0. The lowest BCUT2D eigenvalue weighted by molar-refractivity contribution is -0.121. The van der Waals surface area contributed by atoms with Crippen molar-refractivity contribution in [1.29, 1.82) is 0 Å². The molecular weight excluding hydrogens is 300 g/mol. The first-order valence-electron chi connectivity index (χ1n) is 7.83. The number of carbonyl (C=O) groups excluding carboxylic acids is 1. The summed E-state index contributed by atoms with van der Waals surface area (Å²) in [6.07, 6.45) is 7.43. The molecule has 0 radical (unpaired) electrons. The van der Waals surface area contributed by atoms with E-state index in [-0.39, 0.29) is 10.8 Å². The molecule has 1 aliphatic carbocycles. The molecule has 0 saturated heterocycles. The van der Waals surface area contributed by atoms with Gasteiger partial charge >= 0.3 is 0 Å². The molecule has 0 unspecified atom stereocenters. The molecule has 1 saturated carbocycles. The number of sulfonamides is 1. The zero-order valence-corrected chi connectivity index (χ0v) is 13.6. The van der Waals surface area contributed by atoms with Gasteiger partial charge in [-0.15, -0.1) is 0 Å². The van der Waals surface area contributed by atoms with Gasteiger partial charge in [0.05, 0.1) is 4.90 Å². The minimum absolute atomic E-state index is 0.105. The Labute approximate surface area is 132 Å². The molecule has 0 aliphatic heterocycles. The molecule has 3 N–H and O–H groups in total. The van der Waals surface area contributed by atoms with E-state index in [0.717, 1.165) is 17.9 Å². The van der Waals surface area contributed by atoms with Gasteiger partial charge in [0.1, 0.15) is 0 Å². The first-order chi connectivity index (χ1) is 10.4. The topological polar surface area (TPSA) is 89.3 Å². The van der Waals surface area contributed by atoms with E-state index in [9.17, 15) is 13.2 Å². The quantitative estimate of drug-likeness (QED) is 0.803. The third kappa shape index (κ3) is 5.42. The Kier molecular flexibility index (Phi) is 5.97. The second kappa shape index (κ2) is 7.74. The minimum atomic E-state index is -3.64. The predicted molar refractivity (Wildman–Crippen MR) is 85.7 cm³/mol. The molecular formula is C16H24N2O3S. The summed E-state index contributed by atoms with van der Waals surface area (Å²) in [4.78, 5) is 11.9. The van der Waals surface area contributed by atoms with E-state index in [1.165, 1.54) is 37.8 Å². The summed E-state index contributed by atoms with van der Waals surface area (Å²) in [5.74, 6) is 0.838. The highest BCUT2D eigenvalue weighted by Gasteiger charge is 2.15. The number of nitrogens with one attached hydrogen (secondary N) is 1. The standard InChI is InChI=1S/C16H24N2O3S/c17-22(20,21)15-8-5-14(6-9-15)11-12-18-16(19)10-7-13-3-1-2-4-13/h5-6,8-9,13H,1-4,7,10-12H2,(H,18,19)(H2,17,20,21). The van der Waals surface area contributed by atoms with Crippen molar-refractivity contribution in [2.45, 2.75) is 49.8 Å². The fourth-order valence-corrected chi connectivity index (χ4v) is 3.43. The molecule has 6 heteroatoms. The van der Waals surface area contributed by atoms with Crippen molar-refractivity contribution < 1.29 is 13.2 Å². The molecule has 5 nitrogen and oxygen atoms in total. The molecule has 0 bridgehead atoms. The van der Waals surface area contributed by atoms with E-state index in [4.69, 9.17) is 5.14 Å². The maximum atomic E-state index is 11.8. The Morgan fingerprint density at radius 2 is 1.82 bits per heavy atom. The van der Waals surface area contributed by atoms with Gasteiger partial charge in [0.15, 0.2) is 0 Å². The van der Waals surface area contributed by atoms with Crippen LogP contribution in [0.1, 0.15) is 44.1 Å². The summed E-state index contributed by atoms with van der Waals surface area (Å²) in [5.41, 5.74) is 0.975. The van der Waals surface area contributed by atoms with Gasteiger partial charge < -0.3 is 5.32 Å². The van der Waals surface area contributed by atoms with Crippen molar-refractivity contribution in [1.82, 2.24) is 5.32 Å². The Morgan fingerprint density at radius 3 is 2.41 bits per heavy atom. The van der Waals surface area contributed by atoms with E-state index < -0.39 is 10.0 Å². The van der Waals surface area contributed by atoms with Crippen LogP contribution in [-0.4, -0.2) is 20.9 Å². The number of nitrogens with two attached hydrogens (primary N) is 1. The first-order valence-corrected chi connectivity index (χ1v) is 9.38. The van der Waals surface area contributed by atoms with Gasteiger partial charge in [-0.3, -0.25) is 4.79 Å². The van der Waals surface area contributed by atoms with Crippen LogP contribution >= 0.6 is 0 Å². The lowest BCUT2D eigenvalue weighted by atomic mass is 10.0. The average Bonchev–Trinajstić information content (AvgIpc) is 2.98. The monoisotopic (exact) mass is 324 g/mol. The molecule has 1 aliphatic rings. The second-order valence-corrected chi connectivity index (χ2v) is 7.54. The van der Waals surface area contributed by atoms with Gasteiger partial charge in [-0.05, 0) is 36.5 Å². The fraction of sp³-hybridized carbons (Fsp3) is 0.562. The van der Waals surface area contributed by atoms with E-state index in [1.807, 2.05) is 0 Å². The Balaban J connectivity index is 1.68. The maximum Gasteiger partial charge on any atom is 0.238 e. The van der Waals surface area contributed by atoms with Crippen LogP contribution < -0.4 is 10.5 Å². The number of benzene rings is 1. The summed E-state index contributed by atoms with van der Waals surface area (Å²) >= 11 is 0. The summed E-state index contributed by atoms with van der Waals surface area (Å²) in [5, 5.41) is 7.96. The molecule has 22 heavy (non-hydrogen) atoms. The van der Waals surface area contributed by atoms with Gasteiger partial charge in [-0.25, -0.2) is 13.6 Å². The average molecular weight is 324 g/mol. The van der Waals surface area contributed by atoms with E-state index >= 15 is 0 Å². The van der Waals surface area contributed by atoms with E-state index in [0.29, 0.717) is 19.4 Å². The Hall–Kier alpha value is -1.40. The molecule has 1 aromatic carbocycles. The number of hydrogen-bond donors (Lipinski definition) is 2. The van der Waals surface area contributed by atoms with Crippen molar-refractivity contribution >= 4 is 15.9 Å². The second-order valence-electron chi connectivity index (χ2n) is 5.98. The van der Waals surface area contributed by atoms with Crippen LogP contribution in [-0.2, 0) is 21.2 Å². The van der Waals surface area contributed by atoms with Crippen LogP contribution in [0.2, 0.25) is 0 Å². The number of hydrogen-bond acceptors (Lipinski definition) is 3. The SMILES string of the molecule is NS(=O)(=O)c1ccc(CCNC(=O)CCC2CCCC2)cc1. The lowest BCUT2D eigenvalue weighted by Crippen LogP contribution is -2.25. The maximum absolute atomic E-state index is 11.8. The largest absolute Gasteiger partial charge is 0.356 e. The van der Waals surface area contributed by atoms with E-state index in [1.54, 1.807) is 12.1 Å². The molecule has 2 rings (SSSR count). The number of amides is 1. The zero-order chi connectivity index (χ0) is 16.0. The van der Waals surface area contributed by atoms with Crippen molar-refractivity contribution in [3.63, 3.8) is 0 Å². The van der Waals surface area contributed by atoms with Gasteiger partial charge in [-0.2, -0.15) is 0 Å². The number of primary sulfonamides is 1. The molecule has 0 spiro atoms. The third-order valence-corrected chi connectivity index (χ3v) is 5.17. The summed E-state index contributed by atoms with van der Waals surface area (Å²) < 4.78 is 22.3. The zero-order valence-electron chi connectivity index (χ0n) is 12.8. The summed E-state index contributed by atoms with van der Waals surface area (Å²) in [6.45, 7) is 0.568. The van der Waals surface area contributed by atoms with Crippen LogP contribution in [0.5, 0.6) is 0 Å². The third-order valence-electron chi connectivity index (χ3n) is 4.24. The predicted octanol–water partition coefficient (Wildman–Crippen LogP) is 1.96. The van der Waals surface area contributed by atoms with Crippen LogP contribution in [0.15, 0.2) is 29.2 Å². The molecule has 1 aromatic rings. The van der Waals surface area contributed by atoms with Crippen molar-refractivity contribution in [3.05, 3.63) is 29.8 Å². The van der Waals surface area contributed by atoms with Gasteiger partial charge in [0.25, 0.3) is 0 Å². The highest BCUT2D eigenvalue weighted by Crippen LogP contribution is 2.28. The Bertz CT molecular complexity index is 590. The highest BCUT2D eigenvalue weighted by molar-refractivity contribution is 7.89. The molecule has 0 heterocycles. The molecule has 1 fully saturated rings. The van der Waals surface area contributed by atoms with Crippen molar-refractivity contribution in [2.24, 2.45) is 11.1 Å². The Morgan fingerprint density at radius 1 is 1.18 bits per heavy atom. The van der Waals surface area contributed by atoms with Gasteiger partial charge in [0, 0.05) is 13.0 Å². The minimum Gasteiger partial charge on any atom is -0.356 e. The van der Waals surface area contributed by atoms with Crippen LogP contribution in [0.4, 0.5) is 0 Å². The van der Waals surface area contributed by atoms with Crippen LogP contribution in [0.25, 0.3) is 0 Å². The molecule has 122 valence electrons. The van der Waals surface area contributed by atoms with E-state index in [2.05, 4.69) is 5.32 Å². The molecule has 1 amide bonds. The molecule has 0 atom stereocenters. The van der Waals surface area contributed by atoms with Gasteiger partial charge in [-0.1, -0.05) is 37.8 Å². The number of carbonyl (C=O) groups is 1. The van der Waals surface area contributed by atoms with Crippen LogP contribution in [0, 0.1) is 5.92 Å². The van der Waals surface area contributed by atoms with Crippen LogP contribution in [0.3, 0.4) is 0 Å². The highest BCUT2D eigenvalue weighted by atomic mass is 32.2. The van der Waals surface area contributed by atoms with Gasteiger partial charge in [0.2, 0.25) is 15.9 Å². The summed E-state index contributed by atoms with van der Waals surface area (Å²) in [6, 6.07) is 6.44. The fourth-order valence-electron chi connectivity index (χ4n) is 2.91. The lowest BCUT2D eigenvalue weighted by Gasteiger charge is -2.09. The smallest absolute Gasteiger partial charge is 0.238 e. The molecule has 0 aromatic heterocycles. The summed E-state index contributed by atoms with van der Waals surface area (Å²) in [7, 11) is -3.64. The van der Waals surface area contributed by atoms with Crippen molar-refractivity contribution in [3.8, 4) is 0 Å².